The number of piperazine rings is 1. The normalized spacial score (nSPS) is 22.5. The smallest absolute Gasteiger partial charge is 0.242 e. The Bertz CT molecular complexity index is 1050. The number of hydrogen-bond acceptors (Lipinski definition) is 6. The first-order chi connectivity index (χ1) is 18.1. The fourth-order valence-corrected chi connectivity index (χ4v) is 5.97. The number of nitrogens with one attached hydrogen (secondary N) is 1. The third kappa shape index (κ3) is 6.35. The van der Waals surface area contributed by atoms with E-state index in [0.717, 1.165) is 55.9 Å². The molecule has 37 heavy (non-hydrogen) atoms. The molecular weight excluding hydrogens is 462 g/mol. The number of imidazole rings is 1. The van der Waals surface area contributed by atoms with E-state index in [0.29, 0.717) is 6.54 Å². The quantitative estimate of drug-likeness (QED) is 0.582. The zero-order chi connectivity index (χ0) is 25.6. The van der Waals surface area contributed by atoms with Gasteiger partial charge in [-0.05, 0) is 37.5 Å². The van der Waals surface area contributed by atoms with E-state index in [9.17, 15) is 4.79 Å². The first kappa shape index (κ1) is 25.8. The lowest BCUT2D eigenvalue weighted by molar-refractivity contribution is -0.131. The molecule has 4 aliphatic rings. The van der Waals surface area contributed by atoms with Gasteiger partial charge in [-0.15, -0.1) is 0 Å². The largest absolute Gasteiger partial charge is 0.378 e. The number of rotatable bonds is 8. The SMILES string of the molecule is CN(C)C1=CCC(c2nc3n(c2NCC(=O)N2CCN(CCC4CCCCC4)CC2)C=CCN=C3)C=C1. The van der Waals surface area contributed by atoms with Crippen LogP contribution in [0, 0.1) is 5.92 Å². The number of aromatic nitrogens is 2. The fourth-order valence-electron chi connectivity index (χ4n) is 5.97. The summed E-state index contributed by atoms with van der Waals surface area (Å²) in [4.78, 5) is 29.3. The van der Waals surface area contributed by atoms with Gasteiger partial charge in [-0.1, -0.05) is 44.3 Å². The number of fused-ring (bicyclic) bond motifs is 1. The van der Waals surface area contributed by atoms with Gasteiger partial charge in [0, 0.05) is 58.1 Å². The Balaban J connectivity index is 1.18. The summed E-state index contributed by atoms with van der Waals surface area (Å²) in [6.07, 6.45) is 21.8. The zero-order valence-corrected chi connectivity index (χ0v) is 22.6. The van der Waals surface area contributed by atoms with Crippen molar-refractivity contribution in [2.45, 2.75) is 50.9 Å². The summed E-state index contributed by atoms with van der Waals surface area (Å²) >= 11 is 0. The molecule has 0 spiro atoms. The van der Waals surface area contributed by atoms with E-state index in [4.69, 9.17) is 4.98 Å². The van der Waals surface area contributed by atoms with Crippen LogP contribution in [0.15, 0.2) is 35.0 Å². The van der Waals surface area contributed by atoms with E-state index in [2.05, 4.69) is 52.4 Å². The Morgan fingerprint density at radius 3 is 2.68 bits per heavy atom. The molecule has 2 aliphatic heterocycles. The Labute approximate surface area is 221 Å². The topological polar surface area (TPSA) is 69.0 Å². The lowest BCUT2D eigenvalue weighted by atomic mass is 9.87. The van der Waals surface area contributed by atoms with E-state index < -0.39 is 0 Å². The van der Waals surface area contributed by atoms with E-state index >= 15 is 0 Å². The third-order valence-electron chi connectivity index (χ3n) is 8.30. The summed E-state index contributed by atoms with van der Waals surface area (Å²) in [5.41, 5.74) is 2.18. The van der Waals surface area contributed by atoms with Crippen molar-refractivity contribution < 1.29 is 4.79 Å². The van der Waals surface area contributed by atoms with Gasteiger partial charge < -0.3 is 15.1 Å². The Kier molecular flexibility index (Phi) is 8.44. The van der Waals surface area contributed by atoms with Crippen LogP contribution in [-0.4, -0.2) is 96.3 Å². The molecule has 1 N–H and O–H groups in total. The minimum Gasteiger partial charge on any atom is -0.378 e. The standard InChI is InChI=1S/C29H43N7O/c1-33(2)25-11-9-24(10-12-25)28-29(36-15-6-14-30-21-26(36)32-28)31-22-27(37)35-19-17-34(18-20-35)16-13-23-7-4-3-5-8-23/h6,9,11-12,15,21,23-24,31H,3-5,7-8,10,13-14,16-20,22H2,1-2H3. The molecule has 8 nitrogen and oxygen atoms in total. The van der Waals surface area contributed by atoms with Crippen molar-refractivity contribution in [3.05, 3.63) is 41.5 Å². The number of hydrogen-bond donors (Lipinski definition) is 1. The highest BCUT2D eigenvalue weighted by molar-refractivity contribution is 5.83. The van der Waals surface area contributed by atoms with Crippen LogP contribution in [0.25, 0.3) is 6.20 Å². The van der Waals surface area contributed by atoms with Gasteiger partial charge in [-0.2, -0.15) is 0 Å². The second-order valence-corrected chi connectivity index (χ2v) is 11.0. The molecule has 2 aliphatic carbocycles. The lowest BCUT2D eigenvalue weighted by Gasteiger charge is -2.35. The monoisotopic (exact) mass is 505 g/mol. The minimum absolute atomic E-state index is 0.161. The average molecular weight is 506 g/mol. The van der Waals surface area contributed by atoms with Crippen LogP contribution >= 0.6 is 0 Å². The molecule has 0 radical (unpaired) electrons. The first-order valence-electron chi connectivity index (χ1n) is 14.2. The predicted octanol–water partition coefficient (Wildman–Crippen LogP) is 3.80. The van der Waals surface area contributed by atoms with Gasteiger partial charge in [-0.3, -0.25) is 19.3 Å². The molecule has 1 saturated heterocycles. The van der Waals surface area contributed by atoms with Crippen LogP contribution in [0.1, 0.15) is 62.4 Å². The molecule has 3 heterocycles. The zero-order valence-electron chi connectivity index (χ0n) is 22.6. The maximum Gasteiger partial charge on any atom is 0.242 e. The fraction of sp³-hybridized carbons (Fsp3) is 0.621. The van der Waals surface area contributed by atoms with Crippen molar-refractivity contribution in [2.24, 2.45) is 10.9 Å². The molecule has 1 saturated carbocycles. The molecular formula is C29H43N7O. The summed E-state index contributed by atoms with van der Waals surface area (Å²) < 4.78 is 2.04. The molecule has 1 amide bonds. The second kappa shape index (κ2) is 12.1. The van der Waals surface area contributed by atoms with Crippen LogP contribution in [0.4, 0.5) is 5.82 Å². The van der Waals surface area contributed by atoms with Crippen LogP contribution in [0.2, 0.25) is 0 Å². The average Bonchev–Trinajstić information content (AvgIpc) is 3.11. The van der Waals surface area contributed by atoms with Crippen molar-refractivity contribution in [1.82, 2.24) is 24.3 Å². The van der Waals surface area contributed by atoms with Gasteiger partial charge in [0.05, 0.1) is 25.0 Å². The van der Waals surface area contributed by atoms with E-state index in [1.807, 2.05) is 28.0 Å². The molecule has 1 atom stereocenters. The molecule has 200 valence electrons. The summed E-state index contributed by atoms with van der Waals surface area (Å²) in [6.45, 7) is 5.71. The number of carbonyl (C=O) groups is 1. The van der Waals surface area contributed by atoms with Gasteiger partial charge in [0.1, 0.15) is 5.82 Å². The molecule has 1 aromatic heterocycles. The van der Waals surface area contributed by atoms with Crippen molar-refractivity contribution in [3.63, 3.8) is 0 Å². The van der Waals surface area contributed by atoms with Crippen LogP contribution < -0.4 is 5.32 Å². The molecule has 2 fully saturated rings. The summed E-state index contributed by atoms with van der Waals surface area (Å²) in [7, 11) is 4.12. The highest BCUT2D eigenvalue weighted by atomic mass is 16.2. The molecule has 1 unspecified atom stereocenters. The maximum atomic E-state index is 13.2. The van der Waals surface area contributed by atoms with Crippen molar-refractivity contribution >= 4 is 24.1 Å². The van der Waals surface area contributed by atoms with Crippen LogP contribution in [-0.2, 0) is 4.79 Å². The molecule has 1 aromatic rings. The molecule has 8 heteroatoms. The summed E-state index contributed by atoms with van der Waals surface area (Å²) in [5, 5.41) is 3.47. The van der Waals surface area contributed by atoms with Crippen LogP contribution in [0.3, 0.4) is 0 Å². The number of carbonyl (C=O) groups excluding carboxylic acids is 1. The van der Waals surface area contributed by atoms with E-state index in [-0.39, 0.29) is 18.4 Å². The first-order valence-corrected chi connectivity index (χ1v) is 14.2. The van der Waals surface area contributed by atoms with Crippen molar-refractivity contribution in [2.75, 3.05) is 65.2 Å². The Hall–Kier alpha value is -2.87. The summed E-state index contributed by atoms with van der Waals surface area (Å²) in [6, 6.07) is 0. The van der Waals surface area contributed by atoms with Crippen LogP contribution in [0.5, 0.6) is 0 Å². The molecule has 5 rings (SSSR count). The highest BCUT2D eigenvalue weighted by Gasteiger charge is 2.26. The van der Waals surface area contributed by atoms with E-state index in [1.54, 1.807) is 0 Å². The number of anilines is 1. The number of amides is 1. The minimum atomic E-state index is 0.161. The van der Waals surface area contributed by atoms with Gasteiger partial charge in [0.15, 0.2) is 5.82 Å². The maximum absolute atomic E-state index is 13.2. The Morgan fingerprint density at radius 2 is 1.95 bits per heavy atom. The lowest BCUT2D eigenvalue weighted by Crippen LogP contribution is -2.50. The van der Waals surface area contributed by atoms with Crippen molar-refractivity contribution in [1.29, 1.82) is 0 Å². The Morgan fingerprint density at radius 1 is 1.14 bits per heavy atom. The van der Waals surface area contributed by atoms with Gasteiger partial charge in [-0.25, -0.2) is 4.98 Å². The predicted molar refractivity (Wildman–Crippen MR) is 151 cm³/mol. The second-order valence-electron chi connectivity index (χ2n) is 11.0. The van der Waals surface area contributed by atoms with Crippen molar-refractivity contribution in [3.8, 4) is 0 Å². The molecule has 0 bridgehead atoms. The number of likely N-dealkylation sites (N-methyl/N-ethyl adjacent to an activating group) is 1. The van der Waals surface area contributed by atoms with E-state index in [1.165, 1.54) is 50.8 Å². The summed E-state index contributed by atoms with van der Waals surface area (Å²) in [5.74, 6) is 2.95. The highest BCUT2D eigenvalue weighted by Crippen LogP contribution is 2.33. The van der Waals surface area contributed by atoms with Gasteiger partial charge in [0.2, 0.25) is 5.91 Å². The van der Waals surface area contributed by atoms with Gasteiger partial charge in [0.25, 0.3) is 0 Å². The third-order valence-corrected chi connectivity index (χ3v) is 8.30. The number of allylic oxidation sites excluding steroid dienone is 3. The number of aliphatic imine (C=N–C) groups is 1. The van der Waals surface area contributed by atoms with Gasteiger partial charge >= 0.3 is 0 Å². The molecule has 0 aromatic carbocycles. The number of nitrogens with zero attached hydrogens (tertiary/aromatic N) is 6.